The highest BCUT2D eigenvalue weighted by molar-refractivity contribution is 5.35. The van der Waals surface area contributed by atoms with Gasteiger partial charge >= 0.3 is 0 Å². The predicted molar refractivity (Wildman–Crippen MR) is 51.1 cm³/mol. The minimum atomic E-state index is 0.651. The Balaban J connectivity index is 2.12. The van der Waals surface area contributed by atoms with Gasteiger partial charge in [0.2, 0.25) is 0 Å². The van der Waals surface area contributed by atoms with Gasteiger partial charge in [0.1, 0.15) is 0 Å². The molecule has 2 heteroatoms. The Morgan fingerprint density at radius 2 is 2.08 bits per heavy atom. The standard InChI is InChI=1S/C11H12N2/c12-6-8-1-3-9(4-2-8)11-5-10(11)7-13/h1-4,10-11H,5,7,13H2/t10-,11-/m0/s1. The van der Waals surface area contributed by atoms with Gasteiger partial charge in [0.05, 0.1) is 11.6 Å². The monoisotopic (exact) mass is 172 g/mol. The topological polar surface area (TPSA) is 49.8 Å². The highest BCUT2D eigenvalue weighted by Crippen LogP contribution is 2.46. The van der Waals surface area contributed by atoms with Crippen LogP contribution in [-0.4, -0.2) is 6.54 Å². The molecule has 1 saturated carbocycles. The zero-order valence-electron chi connectivity index (χ0n) is 7.40. The molecule has 0 amide bonds. The zero-order chi connectivity index (χ0) is 9.26. The molecule has 2 N–H and O–H groups in total. The summed E-state index contributed by atoms with van der Waals surface area (Å²) < 4.78 is 0. The highest BCUT2D eigenvalue weighted by Gasteiger charge is 2.36. The van der Waals surface area contributed by atoms with Crippen molar-refractivity contribution in [2.75, 3.05) is 6.54 Å². The normalized spacial score (nSPS) is 25.2. The van der Waals surface area contributed by atoms with E-state index in [2.05, 4.69) is 6.07 Å². The Hall–Kier alpha value is -1.33. The van der Waals surface area contributed by atoms with Gasteiger partial charge in [-0.05, 0) is 42.5 Å². The fourth-order valence-electron chi connectivity index (χ4n) is 1.72. The number of nitrogens with zero attached hydrogens (tertiary/aromatic N) is 1. The minimum absolute atomic E-state index is 0.651. The maximum atomic E-state index is 8.61. The van der Waals surface area contributed by atoms with Crippen molar-refractivity contribution < 1.29 is 0 Å². The molecule has 66 valence electrons. The van der Waals surface area contributed by atoms with Crippen molar-refractivity contribution in [2.24, 2.45) is 11.7 Å². The van der Waals surface area contributed by atoms with Gasteiger partial charge in [0.15, 0.2) is 0 Å². The zero-order valence-corrected chi connectivity index (χ0v) is 7.40. The molecule has 13 heavy (non-hydrogen) atoms. The van der Waals surface area contributed by atoms with Gasteiger partial charge in [0, 0.05) is 0 Å². The summed E-state index contributed by atoms with van der Waals surface area (Å²) in [5.74, 6) is 1.32. The Kier molecular flexibility index (Phi) is 2.03. The molecule has 0 aromatic heterocycles. The smallest absolute Gasteiger partial charge is 0.0991 e. The van der Waals surface area contributed by atoms with Gasteiger partial charge in [-0.1, -0.05) is 12.1 Å². The van der Waals surface area contributed by atoms with Gasteiger partial charge in [-0.2, -0.15) is 5.26 Å². The fourth-order valence-corrected chi connectivity index (χ4v) is 1.72. The van der Waals surface area contributed by atoms with Crippen molar-refractivity contribution in [1.29, 1.82) is 5.26 Å². The van der Waals surface area contributed by atoms with Crippen LogP contribution in [0.4, 0.5) is 0 Å². The quantitative estimate of drug-likeness (QED) is 0.737. The second kappa shape index (κ2) is 3.20. The van der Waals surface area contributed by atoms with E-state index in [1.54, 1.807) is 0 Å². The van der Waals surface area contributed by atoms with Crippen molar-refractivity contribution in [3.8, 4) is 6.07 Å². The molecule has 0 spiro atoms. The molecule has 1 fully saturated rings. The molecule has 0 radical (unpaired) electrons. The van der Waals surface area contributed by atoms with Crippen molar-refractivity contribution in [3.63, 3.8) is 0 Å². The summed E-state index contributed by atoms with van der Waals surface area (Å²) in [6, 6.07) is 9.95. The Labute approximate surface area is 78.0 Å². The summed E-state index contributed by atoms with van der Waals surface area (Å²) in [5, 5.41) is 8.61. The number of rotatable bonds is 2. The number of benzene rings is 1. The lowest BCUT2D eigenvalue weighted by Gasteiger charge is -1.98. The van der Waals surface area contributed by atoms with Crippen LogP contribution in [0.5, 0.6) is 0 Å². The first-order chi connectivity index (χ1) is 6.35. The first kappa shape index (κ1) is 8.28. The van der Waals surface area contributed by atoms with Gasteiger partial charge in [0.25, 0.3) is 0 Å². The van der Waals surface area contributed by atoms with E-state index in [4.69, 9.17) is 11.0 Å². The van der Waals surface area contributed by atoms with Crippen LogP contribution in [0.25, 0.3) is 0 Å². The van der Waals surface area contributed by atoms with Crippen molar-refractivity contribution in [2.45, 2.75) is 12.3 Å². The summed E-state index contributed by atoms with van der Waals surface area (Å²) in [5.41, 5.74) is 7.62. The molecule has 2 rings (SSSR count). The van der Waals surface area contributed by atoms with E-state index in [0.29, 0.717) is 11.8 Å². The summed E-state index contributed by atoms with van der Waals surface area (Å²) in [7, 11) is 0. The molecule has 0 heterocycles. The summed E-state index contributed by atoms with van der Waals surface area (Å²) in [4.78, 5) is 0. The molecular formula is C11H12N2. The first-order valence-electron chi connectivity index (χ1n) is 4.55. The molecule has 0 unspecified atom stereocenters. The molecule has 0 saturated heterocycles. The molecule has 2 atom stereocenters. The summed E-state index contributed by atoms with van der Waals surface area (Å²) in [6.07, 6.45) is 1.21. The SMILES string of the molecule is N#Cc1ccc([C@@H]2C[C@H]2CN)cc1. The molecule has 2 nitrogen and oxygen atoms in total. The van der Waals surface area contributed by atoms with Gasteiger partial charge in [-0.3, -0.25) is 0 Å². The molecular weight excluding hydrogens is 160 g/mol. The second-order valence-corrected chi connectivity index (χ2v) is 3.57. The van der Waals surface area contributed by atoms with Crippen LogP contribution in [0.3, 0.4) is 0 Å². The predicted octanol–water partition coefficient (Wildman–Crippen LogP) is 1.62. The van der Waals surface area contributed by atoms with E-state index in [9.17, 15) is 0 Å². The number of nitriles is 1. The molecule has 0 bridgehead atoms. The Bertz CT molecular complexity index is 334. The minimum Gasteiger partial charge on any atom is -0.330 e. The summed E-state index contributed by atoms with van der Waals surface area (Å²) >= 11 is 0. The number of hydrogen-bond donors (Lipinski definition) is 1. The van der Waals surface area contributed by atoms with E-state index in [0.717, 1.165) is 12.1 Å². The maximum Gasteiger partial charge on any atom is 0.0991 e. The lowest BCUT2D eigenvalue weighted by Crippen LogP contribution is -2.01. The maximum absolute atomic E-state index is 8.61. The molecule has 1 aromatic rings. The highest BCUT2D eigenvalue weighted by atomic mass is 14.6. The second-order valence-electron chi connectivity index (χ2n) is 3.57. The van der Waals surface area contributed by atoms with Gasteiger partial charge in [-0.15, -0.1) is 0 Å². The van der Waals surface area contributed by atoms with Crippen LogP contribution in [0.15, 0.2) is 24.3 Å². The Morgan fingerprint density at radius 1 is 1.38 bits per heavy atom. The first-order valence-corrected chi connectivity index (χ1v) is 4.55. The number of nitrogens with two attached hydrogens (primary N) is 1. The molecule has 1 aromatic carbocycles. The van der Waals surface area contributed by atoms with Crippen LogP contribution >= 0.6 is 0 Å². The van der Waals surface area contributed by atoms with E-state index < -0.39 is 0 Å². The lowest BCUT2D eigenvalue weighted by atomic mass is 10.1. The van der Waals surface area contributed by atoms with E-state index in [-0.39, 0.29) is 0 Å². The third kappa shape index (κ3) is 1.56. The van der Waals surface area contributed by atoms with Crippen LogP contribution in [0.1, 0.15) is 23.5 Å². The van der Waals surface area contributed by atoms with E-state index in [1.807, 2.05) is 24.3 Å². The van der Waals surface area contributed by atoms with Crippen LogP contribution < -0.4 is 5.73 Å². The average Bonchev–Trinajstić information content (AvgIpc) is 2.97. The largest absolute Gasteiger partial charge is 0.330 e. The third-order valence-corrected chi connectivity index (χ3v) is 2.69. The molecule has 0 aliphatic heterocycles. The number of hydrogen-bond acceptors (Lipinski definition) is 2. The van der Waals surface area contributed by atoms with Crippen molar-refractivity contribution in [1.82, 2.24) is 0 Å². The van der Waals surface area contributed by atoms with E-state index >= 15 is 0 Å². The van der Waals surface area contributed by atoms with Crippen LogP contribution in [0.2, 0.25) is 0 Å². The van der Waals surface area contributed by atoms with Gasteiger partial charge in [-0.25, -0.2) is 0 Å². The van der Waals surface area contributed by atoms with Crippen molar-refractivity contribution in [3.05, 3.63) is 35.4 Å². The Morgan fingerprint density at radius 3 is 2.54 bits per heavy atom. The van der Waals surface area contributed by atoms with Crippen LogP contribution in [-0.2, 0) is 0 Å². The van der Waals surface area contributed by atoms with Crippen LogP contribution in [0, 0.1) is 17.2 Å². The summed E-state index contributed by atoms with van der Waals surface area (Å²) in [6.45, 7) is 0.782. The van der Waals surface area contributed by atoms with Gasteiger partial charge < -0.3 is 5.73 Å². The molecule has 1 aliphatic carbocycles. The van der Waals surface area contributed by atoms with E-state index in [1.165, 1.54) is 12.0 Å². The lowest BCUT2D eigenvalue weighted by molar-refractivity contribution is 0.810. The van der Waals surface area contributed by atoms with Crippen molar-refractivity contribution >= 4 is 0 Å². The average molecular weight is 172 g/mol. The molecule has 1 aliphatic rings. The third-order valence-electron chi connectivity index (χ3n) is 2.69. The fraction of sp³-hybridized carbons (Fsp3) is 0.364.